The van der Waals surface area contributed by atoms with E-state index in [1.807, 2.05) is 32.0 Å². The first-order valence-corrected chi connectivity index (χ1v) is 12.1. The Labute approximate surface area is 219 Å². The highest BCUT2D eigenvalue weighted by atomic mass is 35.5. The van der Waals surface area contributed by atoms with E-state index in [9.17, 15) is 19.5 Å². The van der Waals surface area contributed by atoms with Crippen LogP contribution in [0.5, 0.6) is 5.75 Å². The molecule has 3 aromatic carbocycles. The number of aliphatic hydroxyl groups excluding tert-OH is 1. The van der Waals surface area contributed by atoms with Crippen LogP contribution in [0, 0.1) is 6.92 Å². The molecule has 1 atom stereocenters. The Morgan fingerprint density at radius 1 is 1.05 bits per heavy atom. The van der Waals surface area contributed by atoms with Crippen molar-refractivity contribution in [1.29, 1.82) is 0 Å². The number of amides is 1. The summed E-state index contributed by atoms with van der Waals surface area (Å²) in [6.45, 7) is 4.04. The Morgan fingerprint density at radius 3 is 2.51 bits per heavy atom. The van der Waals surface area contributed by atoms with Crippen LogP contribution < -0.4 is 9.64 Å². The SMILES string of the molecule is CCCOC(=O)c1cccc(N2C(=O)C(=O)/C(=C(/O)c3cc(OC)ccc3Cl)C2c2cccc(C)c2)c1. The number of benzene rings is 3. The summed E-state index contributed by atoms with van der Waals surface area (Å²) in [7, 11) is 1.47. The van der Waals surface area contributed by atoms with Gasteiger partial charge in [-0.3, -0.25) is 14.5 Å². The fourth-order valence-electron chi connectivity index (χ4n) is 4.27. The predicted octanol–water partition coefficient (Wildman–Crippen LogP) is 5.85. The molecule has 1 heterocycles. The van der Waals surface area contributed by atoms with Crippen molar-refractivity contribution >= 4 is 40.7 Å². The standard InChI is InChI=1S/C29H26ClNO6/c1-4-13-37-29(35)19-9-6-10-20(15-19)31-25(18-8-5-7-17(2)14-18)24(27(33)28(31)34)26(32)22-16-21(36-3)11-12-23(22)30/h5-12,14-16,25,32H,4,13H2,1-3H3/b26-24+. The number of ether oxygens (including phenoxy) is 2. The summed E-state index contributed by atoms with van der Waals surface area (Å²) in [5, 5.41) is 11.6. The molecule has 1 N–H and O–H groups in total. The highest BCUT2D eigenvalue weighted by Gasteiger charge is 2.47. The molecule has 1 amide bonds. The molecule has 0 spiro atoms. The first-order valence-electron chi connectivity index (χ1n) is 11.8. The van der Waals surface area contributed by atoms with Crippen LogP contribution in [-0.4, -0.2) is 36.5 Å². The average molecular weight is 520 g/mol. The second kappa shape index (κ2) is 10.9. The molecule has 0 aromatic heterocycles. The maximum absolute atomic E-state index is 13.4. The monoisotopic (exact) mass is 519 g/mol. The predicted molar refractivity (Wildman–Crippen MR) is 141 cm³/mol. The van der Waals surface area contributed by atoms with Crippen molar-refractivity contribution in [1.82, 2.24) is 0 Å². The number of nitrogens with zero attached hydrogens (tertiary/aromatic N) is 1. The van der Waals surface area contributed by atoms with Gasteiger partial charge in [-0.1, -0.05) is 54.4 Å². The number of esters is 1. The second-order valence-corrected chi connectivity index (χ2v) is 9.02. The Morgan fingerprint density at radius 2 is 1.81 bits per heavy atom. The summed E-state index contributed by atoms with van der Waals surface area (Å²) in [4.78, 5) is 40.6. The number of methoxy groups -OCH3 is 1. The lowest BCUT2D eigenvalue weighted by molar-refractivity contribution is -0.132. The van der Waals surface area contributed by atoms with E-state index in [1.165, 1.54) is 24.1 Å². The molecule has 190 valence electrons. The average Bonchev–Trinajstić information content (AvgIpc) is 3.17. The van der Waals surface area contributed by atoms with Gasteiger partial charge in [0.1, 0.15) is 11.5 Å². The first-order chi connectivity index (χ1) is 17.8. The number of hydrogen-bond acceptors (Lipinski definition) is 6. The van der Waals surface area contributed by atoms with Crippen LogP contribution in [0.3, 0.4) is 0 Å². The maximum Gasteiger partial charge on any atom is 0.338 e. The molecule has 3 aromatic rings. The van der Waals surface area contributed by atoms with E-state index in [0.29, 0.717) is 23.4 Å². The molecular formula is C29H26ClNO6. The highest BCUT2D eigenvalue weighted by molar-refractivity contribution is 6.52. The quantitative estimate of drug-likeness (QED) is 0.182. The Bertz CT molecular complexity index is 1410. The normalized spacial score (nSPS) is 16.6. The molecule has 4 rings (SSSR count). The molecule has 1 saturated heterocycles. The van der Waals surface area contributed by atoms with E-state index in [-0.39, 0.29) is 28.3 Å². The third-order valence-electron chi connectivity index (χ3n) is 6.03. The number of Topliss-reactive ketones (excluding diaryl/α,β-unsaturated/α-hetero) is 1. The third kappa shape index (κ3) is 5.08. The molecule has 1 aliphatic heterocycles. The van der Waals surface area contributed by atoms with Crippen molar-refractivity contribution in [3.8, 4) is 5.75 Å². The van der Waals surface area contributed by atoms with Gasteiger partial charge >= 0.3 is 5.97 Å². The van der Waals surface area contributed by atoms with Crippen LogP contribution in [0.4, 0.5) is 5.69 Å². The van der Waals surface area contributed by atoms with Gasteiger partial charge in [0.05, 0.1) is 35.9 Å². The van der Waals surface area contributed by atoms with Gasteiger partial charge in [-0.2, -0.15) is 0 Å². The topological polar surface area (TPSA) is 93.1 Å². The molecule has 7 nitrogen and oxygen atoms in total. The second-order valence-electron chi connectivity index (χ2n) is 8.62. The van der Waals surface area contributed by atoms with E-state index in [0.717, 1.165) is 5.56 Å². The first kappa shape index (κ1) is 26.0. The summed E-state index contributed by atoms with van der Waals surface area (Å²) in [6.07, 6.45) is 0.667. The van der Waals surface area contributed by atoms with E-state index >= 15 is 0 Å². The van der Waals surface area contributed by atoms with Crippen molar-refractivity contribution in [2.45, 2.75) is 26.3 Å². The van der Waals surface area contributed by atoms with Gasteiger partial charge in [0.25, 0.3) is 11.7 Å². The molecule has 1 aliphatic rings. The maximum atomic E-state index is 13.4. The van der Waals surface area contributed by atoms with Gasteiger partial charge in [-0.15, -0.1) is 0 Å². The number of aryl methyl sites for hydroxylation is 1. The lowest BCUT2D eigenvalue weighted by atomic mass is 9.94. The van der Waals surface area contributed by atoms with E-state index in [2.05, 4.69) is 0 Å². The van der Waals surface area contributed by atoms with Crippen molar-refractivity contribution in [2.75, 3.05) is 18.6 Å². The van der Waals surface area contributed by atoms with Gasteiger partial charge < -0.3 is 14.6 Å². The zero-order valence-electron chi connectivity index (χ0n) is 20.7. The van der Waals surface area contributed by atoms with E-state index in [1.54, 1.807) is 36.4 Å². The minimum atomic E-state index is -0.968. The molecule has 0 radical (unpaired) electrons. The lowest BCUT2D eigenvalue weighted by Gasteiger charge is -2.26. The van der Waals surface area contributed by atoms with Crippen LogP contribution in [0.15, 0.2) is 72.3 Å². The number of halogens is 1. The van der Waals surface area contributed by atoms with Crippen molar-refractivity contribution in [3.05, 3.63) is 99.6 Å². The number of anilines is 1. The fraction of sp³-hybridized carbons (Fsp3) is 0.207. The summed E-state index contributed by atoms with van der Waals surface area (Å²) in [5.41, 5.74) is 2.11. The van der Waals surface area contributed by atoms with Crippen molar-refractivity contribution in [3.63, 3.8) is 0 Å². The van der Waals surface area contributed by atoms with Gasteiger partial charge in [0.2, 0.25) is 0 Å². The molecule has 37 heavy (non-hydrogen) atoms. The van der Waals surface area contributed by atoms with Gasteiger partial charge in [-0.25, -0.2) is 4.79 Å². The Kier molecular flexibility index (Phi) is 7.64. The molecule has 8 heteroatoms. The molecular weight excluding hydrogens is 494 g/mol. The van der Waals surface area contributed by atoms with E-state index < -0.39 is 29.5 Å². The van der Waals surface area contributed by atoms with Gasteiger partial charge in [0.15, 0.2) is 0 Å². The minimum absolute atomic E-state index is 0.121. The zero-order chi connectivity index (χ0) is 26.7. The summed E-state index contributed by atoms with van der Waals surface area (Å²) >= 11 is 6.37. The minimum Gasteiger partial charge on any atom is -0.507 e. The Hall–Kier alpha value is -4.10. The Balaban J connectivity index is 1.92. The zero-order valence-corrected chi connectivity index (χ0v) is 21.4. The van der Waals surface area contributed by atoms with Gasteiger partial charge in [-0.05, 0) is 55.3 Å². The fourth-order valence-corrected chi connectivity index (χ4v) is 4.48. The smallest absolute Gasteiger partial charge is 0.338 e. The number of carbonyl (C=O) groups excluding carboxylic acids is 3. The molecule has 1 fully saturated rings. The van der Waals surface area contributed by atoms with Crippen LogP contribution >= 0.6 is 11.6 Å². The number of aliphatic hydroxyl groups is 1. The van der Waals surface area contributed by atoms with Crippen LogP contribution in [-0.2, 0) is 14.3 Å². The van der Waals surface area contributed by atoms with Gasteiger partial charge in [0, 0.05) is 11.3 Å². The largest absolute Gasteiger partial charge is 0.507 e. The number of rotatable bonds is 7. The third-order valence-corrected chi connectivity index (χ3v) is 6.36. The summed E-state index contributed by atoms with van der Waals surface area (Å²) in [6, 6.07) is 17.3. The van der Waals surface area contributed by atoms with Crippen LogP contribution in [0.2, 0.25) is 5.02 Å². The molecule has 1 unspecified atom stereocenters. The molecule has 0 saturated carbocycles. The van der Waals surface area contributed by atoms with Crippen molar-refractivity contribution in [2.24, 2.45) is 0 Å². The molecule has 0 aliphatic carbocycles. The van der Waals surface area contributed by atoms with Crippen molar-refractivity contribution < 1.29 is 29.0 Å². The van der Waals surface area contributed by atoms with E-state index in [4.69, 9.17) is 21.1 Å². The lowest BCUT2D eigenvalue weighted by Crippen LogP contribution is -2.29. The summed E-state index contributed by atoms with van der Waals surface area (Å²) < 4.78 is 10.5. The number of ketones is 1. The van der Waals surface area contributed by atoms with Crippen LogP contribution in [0.25, 0.3) is 5.76 Å². The highest BCUT2D eigenvalue weighted by Crippen LogP contribution is 2.43. The number of hydrogen-bond donors (Lipinski definition) is 1. The number of carbonyl (C=O) groups is 3. The summed E-state index contributed by atoms with van der Waals surface area (Å²) in [5.74, 6) is -2.25. The van der Waals surface area contributed by atoms with Crippen LogP contribution in [0.1, 0.15) is 46.4 Å². The molecule has 0 bridgehead atoms.